The highest BCUT2D eigenvalue weighted by Gasteiger charge is 2.19. The van der Waals surface area contributed by atoms with Gasteiger partial charge in [0.1, 0.15) is 11.5 Å². The van der Waals surface area contributed by atoms with Gasteiger partial charge in [0, 0.05) is 17.0 Å². The molecule has 0 aliphatic heterocycles. The second-order valence-corrected chi connectivity index (χ2v) is 6.58. The molecule has 0 unspecified atom stereocenters. The zero-order valence-electron chi connectivity index (χ0n) is 14.7. The fraction of sp³-hybridized carbons (Fsp3) is 0.455. The molecule has 0 fully saturated rings. The monoisotopic (exact) mass is 326 g/mol. The maximum atomic E-state index is 10.3. The van der Waals surface area contributed by atoms with Crippen molar-refractivity contribution in [1.29, 1.82) is 0 Å². The molecule has 24 heavy (non-hydrogen) atoms. The molecule has 2 heteroatoms. The van der Waals surface area contributed by atoms with E-state index in [0.29, 0.717) is 11.5 Å². The molecule has 2 nitrogen and oxygen atoms in total. The average molecular weight is 326 g/mol. The van der Waals surface area contributed by atoms with Gasteiger partial charge in [-0.1, -0.05) is 88.3 Å². The molecule has 2 aromatic carbocycles. The molecule has 2 N–H and O–H groups in total. The number of phenols is 2. The number of hydrogen-bond acceptors (Lipinski definition) is 2. The zero-order chi connectivity index (χ0) is 17.2. The molecule has 0 amide bonds. The molecule has 2 aromatic rings. The number of benzene rings is 2. The first-order valence-electron chi connectivity index (χ1n) is 9.29. The molecule has 0 radical (unpaired) electrons. The number of phenolic OH excluding ortho intramolecular Hbond substituents is 2. The van der Waals surface area contributed by atoms with Gasteiger partial charge < -0.3 is 10.2 Å². The van der Waals surface area contributed by atoms with Gasteiger partial charge in [-0.05, 0) is 18.6 Å². The van der Waals surface area contributed by atoms with Gasteiger partial charge in [0.15, 0.2) is 0 Å². The minimum absolute atomic E-state index is 0.0445. The Morgan fingerprint density at radius 1 is 0.667 bits per heavy atom. The Labute approximate surface area is 146 Å². The summed E-state index contributed by atoms with van der Waals surface area (Å²) in [6.07, 6.45) is 9.80. The van der Waals surface area contributed by atoms with Crippen LogP contribution in [0.5, 0.6) is 11.5 Å². The molecule has 0 heterocycles. The van der Waals surface area contributed by atoms with E-state index >= 15 is 0 Å². The van der Waals surface area contributed by atoms with E-state index in [1.165, 1.54) is 38.5 Å². The van der Waals surface area contributed by atoms with Crippen LogP contribution in [0.3, 0.4) is 0 Å². The van der Waals surface area contributed by atoms with Crippen molar-refractivity contribution >= 4 is 0 Å². The van der Waals surface area contributed by atoms with E-state index in [1.807, 2.05) is 36.4 Å². The van der Waals surface area contributed by atoms with E-state index in [-0.39, 0.29) is 5.92 Å². The lowest BCUT2D eigenvalue weighted by molar-refractivity contribution is 0.447. The van der Waals surface area contributed by atoms with E-state index in [9.17, 15) is 10.2 Å². The van der Waals surface area contributed by atoms with E-state index in [1.54, 1.807) is 12.1 Å². The Kier molecular flexibility index (Phi) is 7.67. The number of aromatic hydroxyl groups is 2. The third kappa shape index (κ3) is 5.30. The van der Waals surface area contributed by atoms with E-state index in [2.05, 4.69) is 6.92 Å². The van der Waals surface area contributed by atoms with Gasteiger partial charge in [0.05, 0.1) is 0 Å². The fourth-order valence-corrected chi connectivity index (χ4v) is 3.35. The molecule has 0 saturated carbocycles. The van der Waals surface area contributed by atoms with Crippen molar-refractivity contribution in [2.75, 3.05) is 0 Å². The minimum atomic E-state index is 0.0445. The molecule has 130 valence electrons. The van der Waals surface area contributed by atoms with Crippen LogP contribution in [-0.4, -0.2) is 10.2 Å². The molecule has 0 spiro atoms. The Morgan fingerprint density at radius 2 is 1.12 bits per heavy atom. The minimum Gasteiger partial charge on any atom is -0.508 e. The first kappa shape index (κ1) is 18.4. The molecule has 0 bridgehead atoms. The molecule has 0 aliphatic rings. The number of unbranched alkanes of at least 4 members (excludes halogenated alkanes) is 6. The molecular weight excluding hydrogens is 296 g/mol. The first-order valence-corrected chi connectivity index (χ1v) is 9.29. The van der Waals surface area contributed by atoms with Gasteiger partial charge in [-0.15, -0.1) is 0 Å². The van der Waals surface area contributed by atoms with Crippen molar-refractivity contribution in [3.63, 3.8) is 0 Å². The molecule has 0 aromatic heterocycles. The van der Waals surface area contributed by atoms with Gasteiger partial charge in [-0.3, -0.25) is 0 Å². The van der Waals surface area contributed by atoms with Crippen LogP contribution in [-0.2, 0) is 0 Å². The van der Waals surface area contributed by atoms with Crippen LogP contribution in [0.25, 0.3) is 0 Å². The molecule has 0 saturated heterocycles. The Morgan fingerprint density at radius 3 is 1.62 bits per heavy atom. The predicted octanol–water partition coefficient (Wildman–Crippen LogP) is 6.37. The van der Waals surface area contributed by atoms with Crippen LogP contribution in [0.1, 0.15) is 75.3 Å². The summed E-state index contributed by atoms with van der Waals surface area (Å²) in [6.45, 7) is 2.24. The summed E-state index contributed by atoms with van der Waals surface area (Å²) in [5.74, 6) is 0.672. The third-order valence-electron chi connectivity index (χ3n) is 4.72. The van der Waals surface area contributed by atoms with Crippen molar-refractivity contribution in [2.45, 2.75) is 64.2 Å². The van der Waals surface area contributed by atoms with Gasteiger partial charge in [0.25, 0.3) is 0 Å². The fourth-order valence-electron chi connectivity index (χ4n) is 3.35. The summed E-state index contributed by atoms with van der Waals surface area (Å²) in [5, 5.41) is 20.5. The van der Waals surface area contributed by atoms with Crippen molar-refractivity contribution in [2.24, 2.45) is 0 Å². The summed E-state index contributed by atoms with van der Waals surface area (Å²) in [7, 11) is 0. The quantitative estimate of drug-likeness (QED) is 0.498. The van der Waals surface area contributed by atoms with Gasteiger partial charge >= 0.3 is 0 Å². The Bertz CT molecular complexity index is 561. The van der Waals surface area contributed by atoms with Crippen LogP contribution in [0.2, 0.25) is 0 Å². The van der Waals surface area contributed by atoms with Crippen molar-refractivity contribution < 1.29 is 10.2 Å². The van der Waals surface area contributed by atoms with Crippen LogP contribution in [0.15, 0.2) is 48.5 Å². The van der Waals surface area contributed by atoms with Crippen molar-refractivity contribution in [3.8, 4) is 11.5 Å². The third-order valence-corrected chi connectivity index (χ3v) is 4.72. The van der Waals surface area contributed by atoms with Crippen LogP contribution >= 0.6 is 0 Å². The zero-order valence-corrected chi connectivity index (χ0v) is 14.7. The van der Waals surface area contributed by atoms with Crippen molar-refractivity contribution in [1.82, 2.24) is 0 Å². The lowest BCUT2D eigenvalue weighted by atomic mass is 9.85. The van der Waals surface area contributed by atoms with Crippen LogP contribution in [0, 0.1) is 0 Å². The standard InChI is InChI=1S/C22H30O2/c1-2-3-4-5-6-7-8-13-18(19-14-9-11-16-21(19)23)20-15-10-12-17-22(20)24/h9-12,14-18,23-24H,2-8,13H2,1H3. The Hall–Kier alpha value is -1.96. The maximum Gasteiger partial charge on any atom is 0.119 e. The number of hydrogen-bond donors (Lipinski definition) is 2. The van der Waals surface area contributed by atoms with Gasteiger partial charge in [-0.2, -0.15) is 0 Å². The smallest absolute Gasteiger partial charge is 0.119 e. The second-order valence-electron chi connectivity index (χ2n) is 6.58. The first-order chi connectivity index (χ1) is 11.7. The lowest BCUT2D eigenvalue weighted by Crippen LogP contribution is -2.02. The summed E-state index contributed by atoms with van der Waals surface area (Å²) in [5.41, 5.74) is 1.81. The highest BCUT2D eigenvalue weighted by Crippen LogP contribution is 2.38. The lowest BCUT2D eigenvalue weighted by Gasteiger charge is -2.20. The summed E-state index contributed by atoms with van der Waals surface area (Å²) in [4.78, 5) is 0. The molecule has 2 rings (SSSR count). The topological polar surface area (TPSA) is 40.5 Å². The average Bonchev–Trinajstić information content (AvgIpc) is 2.59. The SMILES string of the molecule is CCCCCCCCCC(c1ccccc1O)c1ccccc1O. The van der Waals surface area contributed by atoms with E-state index in [0.717, 1.165) is 24.0 Å². The highest BCUT2D eigenvalue weighted by atomic mass is 16.3. The normalized spacial score (nSPS) is 11.1. The highest BCUT2D eigenvalue weighted by molar-refractivity contribution is 5.45. The van der Waals surface area contributed by atoms with E-state index in [4.69, 9.17) is 0 Å². The number of para-hydroxylation sites is 2. The van der Waals surface area contributed by atoms with Crippen LogP contribution in [0.4, 0.5) is 0 Å². The second kappa shape index (κ2) is 10.0. The van der Waals surface area contributed by atoms with Crippen LogP contribution < -0.4 is 0 Å². The molecule has 0 aliphatic carbocycles. The van der Waals surface area contributed by atoms with Gasteiger partial charge in [0.2, 0.25) is 0 Å². The van der Waals surface area contributed by atoms with Crippen molar-refractivity contribution in [3.05, 3.63) is 59.7 Å². The number of rotatable bonds is 10. The largest absolute Gasteiger partial charge is 0.508 e. The maximum absolute atomic E-state index is 10.3. The molecular formula is C22H30O2. The summed E-state index contributed by atoms with van der Waals surface area (Å²) in [6, 6.07) is 15.0. The Balaban J connectivity index is 2.02. The van der Waals surface area contributed by atoms with Gasteiger partial charge in [-0.25, -0.2) is 0 Å². The summed E-state index contributed by atoms with van der Waals surface area (Å²) < 4.78 is 0. The summed E-state index contributed by atoms with van der Waals surface area (Å²) >= 11 is 0. The molecule has 0 atom stereocenters. The predicted molar refractivity (Wildman–Crippen MR) is 101 cm³/mol. The van der Waals surface area contributed by atoms with E-state index < -0.39 is 0 Å².